The molecule has 3 nitrogen and oxygen atoms in total. The van der Waals surface area contributed by atoms with Crippen molar-refractivity contribution in [3.05, 3.63) is 50.4 Å². The molecular weight excluding hydrogens is 372 g/mol. The summed E-state index contributed by atoms with van der Waals surface area (Å²) in [5, 5.41) is 4.98. The minimum Gasteiger partial charge on any atom is -0.355 e. The van der Waals surface area contributed by atoms with Crippen molar-refractivity contribution in [2.24, 2.45) is 0 Å². The first-order valence-electron chi connectivity index (χ1n) is 8.77. The first-order chi connectivity index (χ1) is 12.2. The fourth-order valence-corrected chi connectivity index (χ4v) is 5.02. The topological polar surface area (TPSA) is 42.0 Å². The Bertz CT molecular complexity index is 676. The molecule has 0 aliphatic heterocycles. The van der Waals surface area contributed by atoms with Crippen molar-refractivity contribution in [1.82, 2.24) is 10.3 Å². The number of aromatic nitrogens is 1. The maximum atomic E-state index is 11.9. The van der Waals surface area contributed by atoms with Crippen molar-refractivity contribution in [3.63, 3.8) is 0 Å². The average Bonchev–Trinajstić information content (AvgIpc) is 3.03. The molecule has 1 aromatic heterocycles. The predicted molar refractivity (Wildman–Crippen MR) is 108 cm³/mol. The van der Waals surface area contributed by atoms with Crippen LogP contribution in [0.15, 0.2) is 24.3 Å². The van der Waals surface area contributed by atoms with E-state index < -0.39 is 0 Å². The average molecular weight is 395 g/mol. The molecule has 0 fully saturated rings. The molecule has 1 heterocycles. The summed E-state index contributed by atoms with van der Waals surface area (Å²) in [7, 11) is 0. The number of halogens is 1. The Hall–Kier alpha value is -1.04. The van der Waals surface area contributed by atoms with E-state index in [1.807, 2.05) is 35.6 Å². The number of hydrogen-bond acceptors (Lipinski definition) is 4. The van der Waals surface area contributed by atoms with Gasteiger partial charge in [-0.2, -0.15) is 0 Å². The van der Waals surface area contributed by atoms with Gasteiger partial charge in [0.1, 0.15) is 0 Å². The smallest absolute Gasteiger partial charge is 0.230 e. The summed E-state index contributed by atoms with van der Waals surface area (Å²) in [5.41, 5.74) is 2.52. The molecule has 2 aromatic rings. The van der Waals surface area contributed by atoms with Crippen LogP contribution in [-0.2, 0) is 29.8 Å². The lowest BCUT2D eigenvalue weighted by molar-refractivity contribution is -0.118. The SMILES string of the molecule is O=C(CSCc1ccc(Cl)cc1)NCCCc1nc2c(s1)CCCC2. The zero-order chi connectivity index (χ0) is 17.5. The van der Waals surface area contributed by atoms with Crippen molar-refractivity contribution in [2.75, 3.05) is 12.3 Å². The number of fused-ring (bicyclic) bond motifs is 1. The van der Waals surface area contributed by atoms with E-state index in [9.17, 15) is 4.79 Å². The van der Waals surface area contributed by atoms with Crippen LogP contribution >= 0.6 is 34.7 Å². The predicted octanol–water partition coefficient (Wildman–Crippen LogP) is 4.66. The number of rotatable bonds is 8. The van der Waals surface area contributed by atoms with Gasteiger partial charge in [-0.1, -0.05) is 23.7 Å². The Labute approximate surface area is 162 Å². The van der Waals surface area contributed by atoms with Gasteiger partial charge in [0.25, 0.3) is 0 Å². The van der Waals surface area contributed by atoms with Gasteiger partial charge in [0.05, 0.1) is 16.5 Å². The molecule has 25 heavy (non-hydrogen) atoms. The lowest BCUT2D eigenvalue weighted by atomic mass is 10.0. The van der Waals surface area contributed by atoms with Gasteiger partial charge in [-0.15, -0.1) is 23.1 Å². The minimum atomic E-state index is 0.109. The monoisotopic (exact) mass is 394 g/mol. The van der Waals surface area contributed by atoms with Gasteiger partial charge in [-0.25, -0.2) is 4.98 Å². The van der Waals surface area contributed by atoms with Gasteiger partial charge in [0.2, 0.25) is 5.91 Å². The van der Waals surface area contributed by atoms with Crippen LogP contribution in [0.1, 0.15) is 40.4 Å². The van der Waals surface area contributed by atoms with Gasteiger partial charge in [-0.05, 0) is 49.8 Å². The highest BCUT2D eigenvalue weighted by Gasteiger charge is 2.14. The van der Waals surface area contributed by atoms with E-state index in [4.69, 9.17) is 16.6 Å². The van der Waals surface area contributed by atoms with E-state index in [1.165, 1.54) is 40.4 Å². The molecule has 3 rings (SSSR count). The Morgan fingerprint density at radius 1 is 1.24 bits per heavy atom. The maximum absolute atomic E-state index is 11.9. The molecule has 6 heteroatoms. The van der Waals surface area contributed by atoms with Gasteiger partial charge in [0.15, 0.2) is 0 Å². The van der Waals surface area contributed by atoms with Crippen molar-refractivity contribution in [3.8, 4) is 0 Å². The van der Waals surface area contributed by atoms with Crippen LogP contribution in [0.4, 0.5) is 0 Å². The van der Waals surface area contributed by atoms with Crippen LogP contribution in [0.2, 0.25) is 5.02 Å². The molecule has 0 saturated heterocycles. The molecule has 0 bridgehead atoms. The normalized spacial score (nSPS) is 13.5. The number of carbonyl (C=O) groups excluding carboxylic acids is 1. The van der Waals surface area contributed by atoms with E-state index in [1.54, 1.807) is 11.8 Å². The molecule has 1 N–H and O–H groups in total. The second-order valence-electron chi connectivity index (χ2n) is 6.26. The van der Waals surface area contributed by atoms with Crippen LogP contribution in [0.3, 0.4) is 0 Å². The number of hydrogen-bond donors (Lipinski definition) is 1. The van der Waals surface area contributed by atoms with Crippen LogP contribution in [0.5, 0.6) is 0 Å². The number of thiazole rings is 1. The maximum Gasteiger partial charge on any atom is 0.230 e. The number of thioether (sulfide) groups is 1. The molecule has 1 aliphatic carbocycles. The third-order valence-corrected chi connectivity index (χ3v) is 6.67. The number of aryl methyl sites for hydroxylation is 3. The summed E-state index contributed by atoms with van der Waals surface area (Å²) < 4.78 is 0. The Kier molecular flexibility index (Phi) is 7.20. The molecule has 0 radical (unpaired) electrons. The zero-order valence-electron chi connectivity index (χ0n) is 14.2. The summed E-state index contributed by atoms with van der Waals surface area (Å²) in [6.45, 7) is 0.727. The molecule has 0 atom stereocenters. The summed E-state index contributed by atoms with van der Waals surface area (Å²) in [6.07, 6.45) is 6.86. The molecule has 1 aromatic carbocycles. The molecule has 1 aliphatic rings. The lowest BCUT2D eigenvalue weighted by Crippen LogP contribution is -2.26. The highest BCUT2D eigenvalue weighted by molar-refractivity contribution is 7.99. The zero-order valence-corrected chi connectivity index (χ0v) is 16.6. The lowest BCUT2D eigenvalue weighted by Gasteiger charge is -2.06. The van der Waals surface area contributed by atoms with E-state index in [-0.39, 0.29) is 5.91 Å². The second kappa shape index (κ2) is 9.60. The van der Waals surface area contributed by atoms with Crippen LogP contribution in [0.25, 0.3) is 0 Å². The van der Waals surface area contributed by atoms with Crippen molar-refractivity contribution in [1.29, 1.82) is 0 Å². The number of nitrogens with one attached hydrogen (secondary N) is 1. The molecular formula is C19H23ClN2OS2. The van der Waals surface area contributed by atoms with E-state index >= 15 is 0 Å². The van der Waals surface area contributed by atoms with Crippen LogP contribution < -0.4 is 5.32 Å². The molecule has 134 valence electrons. The fourth-order valence-electron chi connectivity index (χ4n) is 2.87. The fraction of sp³-hybridized carbons (Fsp3) is 0.474. The second-order valence-corrected chi connectivity index (χ2v) is 8.85. The summed E-state index contributed by atoms with van der Waals surface area (Å²) >= 11 is 9.36. The summed E-state index contributed by atoms with van der Waals surface area (Å²) in [6, 6.07) is 7.77. The largest absolute Gasteiger partial charge is 0.355 e. The summed E-state index contributed by atoms with van der Waals surface area (Å²) in [4.78, 5) is 18.1. The Morgan fingerprint density at radius 2 is 2.04 bits per heavy atom. The highest BCUT2D eigenvalue weighted by Crippen LogP contribution is 2.27. The van der Waals surface area contributed by atoms with Crippen molar-refractivity contribution in [2.45, 2.75) is 44.3 Å². The number of benzene rings is 1. The quantitative estimate of drug-likeness (QED) is 0.662. The van der Waals surface area contributed by atoms with E-state index in [2.05, 4.69) is 5.32 Å². The van der Waals surface area contributed by atoms with E-state index in [0.717, 1.165) is 36.6 Å². The van der Waals surface area contributed by atoms with Crippen LogP contribution in [-0.4, -0.2) is 23.2 Å². The van der Waals surface area contributed by atoms with Crippen molar-refractivity contribution >= 4 is 40.6 Å². The number of nitrogens with zero attached hydrogens (tertiary/aromatic N) is 1. The van der Waals surface area contributed by atoms with E-state index in [0.29, 0.717) is 5.75 Å². The standard InChI is InChI=1S/C19H23ClN2OS2/c20-15-9-7-14(8-10-15)12-24-13-18(23)21-11-3-6-19-22-16-4-1-2-5-17(16)25-19/h7-10H,1-6,11-13H2,(H,21,23). The minimum absolute atomic E-state index is 0.109. The van der Waals surface area contributed by atoms with Gasteiger partial charge >= 0.3 is 0 Å². The van der Waals surface area contributed by atoms with Crippen molar-refractivity contribution < 1.29 is 4.79 Å². The molecule has 0 unspecified atom stereocenters. The molecule has 0 spiro atoms. The number of amides is 1. The third-order valence-electron chi connectivity index (χ3n) is 4.19. The van der Waals surface area contributed by atoms with Gasteiger partial charge < -0.3 is 5.32 Å². The molecule has 0 saturated carbocycles. The first kappa shape index (κ1) is 18.7. The molecule has 1 amide bonds. The Balaban J connectivity index is 1.29. The summed E-state index contributed by atoms with van der Waals surface area (Å²) in [5.74, 6) is 1.43. The Morgan fingerprint density at radius 3 is 2.84 bits per heavy atom. The number of carbonyl (C=O) groups is 1. The van der Waals surface area contributed by atoms with Gasteiger partial charge in [-0.3, -0.25) is 4.79 Å². The highest BCUT2D eigenvalue weighted by atomic mass is 35.5. The van der Waals surface area contributed by atoms with Gasteiger partial charge in [0, 0.05) is 28.6 Å². The third kappa shape index (κ3) is 6.01. The van der Waals surface area contributed by atoms with Crippen LogP contribution in [0, 0.1) is 0 Å². The first-order valence-corrected chi connectivity index (χ1v) is 11.1.